The fraction of sp³-hybridized carbons (Fsp3) is 1.00. The fourth-order valence-electron chi connectivity index (χ4n) is 1.97. The number of sulfonamides is 1. The van der Waals surface area contributed by atoms with Crippen LogP contribution < -0.4 is 0 Å². The van der Waals surface area contributed by atoms with Gasteiger partial charge in [-0.1, -0.05) is 6.92 Å². The number of hydrogen-bond donors (Lipinski definition) is 0. The third kappa shape index (κ3) is 2.23. The first-order chi connectivity index (χ1) is 5.90. The maximum Gasteiger partial charge on any atom is 0.214 e. The molecule has 1 aliphatic rings. The molecule has 1 aliphatic heterocycles. The Bertz CT molecular complexity index is 269. The highest BCUT2D eigenvalue weighted by Crippen LogP contribution is 2.31. The average molecular weight is 205 g/mol. The van der Waals surface area contributed by atoms with Crippen molar-refractivity contribution in [3.05, 3.63) is 0 Å². The lowest BCUT2D eigenvalue weighted by Crippen LogP contribution is -2.43. The molecule has 3 nitrogen and oxygen atoms in total. The molecule has 1 fully saturated rings. The van der Waals surface area contributed by atoms with E-state index >= 15 is 0 Å². The van der Waals surface area contributed by atoms with Gasteiger partial charge in [0.1, 0.15) is 0 Å². The lowest BCUT2D eigenvalue weighted by molar-refractivity contribution is 0.291. The first kappa shape index (κ1) is 11.0. The van der Waals surface area contributed by atoms with Crippen molar-refractivity contribution in [3.8, 4) is 0 Å². The molecule has 1 rings (SSSR count). The highest BCUT2D eigenvalue weighted by molar-refractivity contribution is 7.89. The molecule has 0 unspecified atom stereocenters. The molecule has 0 spiro atoms. The summed E-state index contributed by atoms with van der Waals surface area (Å²) in [5, 5.41) is 0. The quantitative estimate of drug-likeness (QED) is 0.702. The maximum atomic E-state index is 11.8. The second-order valence-electron chi connectivity index (χ2n) is 4.30. The van der Waals surface area contributed by atoms with Gasteiger partial charge < -0.3 is 0 Å². The van der Waals surface area contributed by atoms with Gasteiger partial charge in [-0.25, -0.2) is 8.42 Å². The van der Waals surface area contributed by atoms with Crippen molar-refractivity contribution in [1.82, 2.24) is 4.31 Å². The van der Waals surface area contributed by atoms with Gasteiger partial charge in [-0.15, -0.1) is 0 Å². The van der Waals surface area contributed by atoms with Crippen molar-refractivity contribution in [3.63, 3.8) is 0 Å². The van der Waals surface area contributed by atoms with E-state index in [-0.39, 0.29) is 11.3 Å². The van der Waals surface area contributed by atoms with E-state index in [1.165, 1.54) is 0 Å². The van der Waals surface area contributed by atoms with E-state index in [0.29, 0.717) is 13.0 Å². The van der Waals surface area contributed by atoms with Crippen LogP contribution in [0.5, 0.6) is 0 Å². The van der Waals surface area contributed by atoms with Crippen LogP contribution in [-0.4, -0.2) is 30.6 Å². The second-order valence-corrected chi connectivity index (χ2v) is 6.32. The zero-order valence-corrected chi connectivity index (χ0v) is 9.52. The van der Waals surface area contributed by atoms with Crippen LogP contribution in [0.15, 0.2) is 0 Å². The summed E-state index contributed by atoms with van der Waals surface area (Å²) in [5.41, 5.74) is -0.159. The Labute approximate surface area is 81.2 Å². The third-order valence-corrected chi connectivity index (χ3v) is 4.90. The van der Waals surface area contributed by atoms with Gasteiger partial charge in [0.25, 0.3) is 0 Å². The summed E-state index contributed by atoms with van der Waals surface area (Å²) in [6.07, 6.45) is 2.68. The predicted molar refractivity (Wildman–Crippen MR) is 54.1 cm³/mol. The zero-order valence-electron chi connectivity index (χ0n) is 8.71. The third-order valence-electron chi connectivity index (χ3n) is 2.62. The van der Waals surface area contributed by atoms with Crippen molar-refractivity contribution >= 4 is 10.0 Å². The molecule has 0 aromatic heterocycles. The molecule has 4 heteroatoms. The Kier molecular flexibility index (Phi) is 3.02. The SMILES string of the molecule is CCCS(=O)(=O)N1CCCC1(C)C. The second kappa shape index (κ2) is 3.58. The number of rotatable bonds is 3. The van der Waals surface area contributed by atoms with Crippen molar-refractivity contribution in [2.45, 2.75) is 45.6 Å². The molecular weight excluding hydrogens is 186 g/mol. The Morgan fingerprint density at radius 1 is 1.38 bits per heavy atom. The summed E-state index contributed by atoms with van der Waals surface area (Å²) in [4.78, 5) is 0. The van der Waals surface area contributed by atoms with Crippen LogP contribution in [0.3, 0.4) is 0 Å². The molecule has 0 bridgehead atoms. The molecule has 1 heterocycles. The van der Waals surface area contributed by atoms with Crippen LogP contribution in [-0.2, 0) is 10.0 Å². The molecule has 0 saturated carbocycles. The topological polar surface area (TPSA) is 37.4 Å². The fourth-order valence-corrected chi connectivity index (χ4v) is 3.95. The summed E-state index contributed by atoms with van der Waals surface area (Å²) in [5.74, 6) is 0.288. The number of hydrogen-bond acceptors (Lipinski definition) is 2. The van der Waals surface area contributed by atoms with Crippen molar-refractivity contribution in [2.24, 2.45) is 0 Å². The highest BCUT2D eigenvalue weighted by Gasteiger charge is 2.39. The molecule has 13 heavy (non-hydrogen) atoms. The van der Waals surface area contributed by atoms with E-state index in [1.807, 2.05) is 20.8 Å². The monoisotopic (exact) mass is 205 g/mol. The molecular formula is C9H19NO2S. The Balaban J connectivity index is 2.83. The number of nitrogens with zero attached hydrogens (tertiary/aromatic N) is 1. The van der Waals surface area contributed by atoms with E-state index in [1.54, 1.807) is 4.31 Å². The van der Waals surface area contributed by atoms with Crippen molar-refractivity contribution in [1.29, 1.82) is 0 Å². The average Bonchev–Trinajstić information content (AvgIpc) is 2.29. The Morgan fingerprint density at radius 3 is 2.38 bits per heavy atom. The lowest BCUT2D eigenvalue weighted by atomic mass is 10.0. The molecule has 0 aromatic carbocycles. The summed E-state index contributed by atoms with van der Waals surface area (Å²) < 4.78 is 25.2. The van der Waals surface area contributed by atoms with Crippen LogP contribution in [0.2, 0.25) is 0 Å². The summed E-state index contributed by atoms with van der Waals surface area (Å²) in [6.45, 7) is 6.62. The predicted octanol–water partition coefficient (Wildman–Crippen LogP) is 1.60. The van der Waals surface area contributed by atoms with Gasteiger partial charge in [0.2, 0.25) is 10.0 Å². The van der Waals surface area contributed by atoms with Crippen molar-refractivity contribution in [2.75, 3.05) is 12.3 Å². The zero-order chi connectivity index (χ0) is 10.1. The molecule has 0 N–H and O–H groups in total. The van der Waals surface area contributed by atoms with Gasteiger partial charge >= 0.3 is 0 Å². The smallest absolute Gasteiger partial charge is 0.212 e. The van der Waals surface area contributed by atoms with E-state index in [2.05, 4.69) is 0 Å². The maximum absolute atomic E-state index is 11.8. The highest BCUT2D eigenvalue weighted by atomic mass is 32.2. The summed E-state index contributed by atoms with van der Waals surface area (Å²) >= 11 is 0. The van der Waals surface area contributed by atoms with E-state index in [0.717, 1.165) is 12.8 Å². The first-order valence-electron chi connectivity index (χ1n) is 4.91. The van der Waals surface area contributed by atoms with Gasteiger partial charge in [0.05, 0.1) is 5.75 Å². The van der Waals surface area contributed by atoms with Crippen LogP contribution in [0, 0.1) is 0 Å². The van der Waals surface area contributed by atoms with E-state index in [9.17, 15) is 8.42 Å². The van der Waals surface area contributed by atoms with Crippen LogP contribution in [0.4, 0.5) is 0 Å². The van der Waals surface area contributed by atoms with Gasteiger partial charge in [0, 0.05) is 12.1 Å². The molecule has 0 radical (unpaired) electrons. The van der Waals surface area contributed by atoms with E-state index in [4.69, 9.17) is 0 Å². The van der Waals surface area contributed by atoms with Crippen LogP contribution >= 0.6 is 0 Å². The van der Waals surface area contributed by atoms with Crippen molar-refractivity contribution < 1.29 is 8.42 Å². The minimum Gasteiger partial charge on any atom is -0.212 e. The van der Waals surface area contributed by atoms with Gasteiger partial charge in [-0.05, 0) is 33.1 Å². The minimum absolute atomic E-state index is 0.159. The molecule has 0 aromatic rings. The van der Waals surface area contributed by atoms with Gasteiger partial charge in [-0.2, -0.15) is 4.31 Å². The van der Waals surface area contributed by atoms with E-state index < -0.39 is 10.0 Å². The first-order valence-corrected chi connectivity index (χ1v) is 6.51. The standard InChI is InChI=1S/C9H19NO2S/c1-4-8-13(11,12)10-7-5-6-9(10,2)3/h4-8H2,1-3H3. The largest absolute Gasteiger partial charge is 0.214 e. The Morgan fingerprint density at radius 2 is 2.00 bits per heavy atom. The molecule has 1 saturated heterocycles. The van der Waals surface area contributed by atoms with Crippen LogP contribution in [0.25, 0.3) is 0 Å². The molecule has 78 valence electrons. The van der Waals surface area contributed by atoms with Crippen LogP contribution in [0.1, 0.15) is 40.0 Å². The summed E-state index contributed by atoms with van der Waals surface area (Å²) in [6, 6.07) is 0. The molecule has 0 atom stereocenters. The normalized spacial score (nSPS) is 23.6. The summed E-state index contributed by atoms with van der Waals surface area (Å²) in [7, 11) is -2.98. The Hall–Kier alpha value is -0.0900. The van der Waals surface area contributed by atoms with Gasteiger partial charge in [0.15, 0.2) is 0 Å². The minimum atomic E-state index is -2.98. The van der Waals surface area contributed by atoms with Gasteiger partial charge in [-0.3, -0.25) is 0 Å². The molecule has 0 amide bonds. The lowest BCUT2D eigenvalue weighted by Gasteiger charge is -2.30. The molecule has 0 aliphatic carbocycles.